The number of hydrogen-bond acceptors (Lipinski definition) is 5. The highest BCUT2D eigenvalue weighted by atomic mass is 32.1. The predicted octanol–water partition coefficient (Wildman–Crippen LogP) is 2.84. The average Bonchev–Trinajstić information content (AvgIpc) is 3.13. The zero-order valence-electron chi connectivity index (χ0n) is 16.6. The monoisotopic (exact) mass is 396 g/mol. The predicted molar refractivity (Wildman–Crippen MR) is 111 cm³/mol. The van der Waals surface area contributed by atoms with Gasteiger partial charge in [-0.1, -0.05) is 52.0 Å². The van der Waals surface area contributed by atoms with E-state index in [4.69, 9.17) is 5.73 Å². The lowest BCUT2D eigenvalue weighted by atomic mass is 9.82. The summed E-state index contributed by atoms with van der Waals surface area (Å²) in [5.41, 5.74) is 6.10. The summed E-state index contributed by atoms with van der Waals surface area (Å²) in [6, 6.07) is 2.82. The maximum Gasteiger partial charge on any atom is 0.237 e. The van der Waals surface area contributed by atoms with E-state index < -0.39 is 24.3 Å². The number of aliphatic hydroxyl groups is 2. The molecule has 1 amide bonds. The molecule has 1 aromatic heterocycles. The van der Waals surface area contributed by atoms with Gasteiger partial charge in [-0.3, -0.25) is 4.79 Å². The molecule has 0 bridgehead atoms. The van der Waals surface area contributed by atoms with Crippen molar-refractivity contribution in [2.75, 3.05) is 0 Å². The van der Waals surface area contributed by atoms with Crippen LogP contribution in [0.3, 0.4) is 0 Å². The third kappa shape index (κ3) is 7.53. The highest BCUT2D eigenvalue weighted by Gasteiger charge is 2.32. The van der Waals surface area contributed by atoms with Gasteiger partial charge in [-0.2, -0.15) is 0 Å². The van der Waals surface area contributed by atoms with Gasteiger partial charge < -0.3 is 21.3 Å². The van der Waals surface area contributed by atoms with E-state index in [1.807, 2.05) is 31.4 Å². The first kappa shape index (κ1) is 22.3. The van der Waals surface area contributed by atoms with Crippen molar-refractivity contribution in [3.63, 3.8) is 0 Å². The molecule has 0 unspecified atom stereocenters. The molecule has 0 aromatic carbocycles. The summed E-state index contributed by atoms with van der Waals surface area (Å²) in [6.45, 7) is 4.03. The van der Waals surface area contributed by atoms with Gasteiger partial charge in [0.05, 0.1) is 18.2 Å². The van der Waals surface area contributed by atoms with Crippen molar-refractivity contribution < 1.29 is 15.0 Å². The van der Waals surface area contributed by atoms with Crippen molar-refractivity contribution >= 4 is 17.2 Å². The number of rotatable bonds is 10. The van der Waals surface area contributed by atoms with Crippen LogP contribution in [0.5, 0.6) is 0 Å². The molecule has 5 N–H and O–H groups in total. The van der Waals surface area contributed by atoms with Crippen molar-refractivity contribution in [3.05, 3.63) is 22.4 Å². The molecule has 1 heterocycles. The molecule has 0 aliphatic heterocycles. The normalized spacial score (nSPS) is 20.2. The molecule has 4 atom stereocenters. The Morgan fingerprint density at radius 1 is 1.30 bits per heavy atom. The second kappa shape index (κ2) is 11.1. The Kier molecular flexibility index (Phi) is 9.22. The Balaban J connectivity index is 1.99. The van der Waals surface area contributed by atoms with Gasteiger partial charge in [-0.25, -0.2) is 0 Å². The van der Waals surface area contributed by atoms with Gasteiger partial charge in [-0.15, -0.1) is 11.3 Å². The number of nitrogens with one attached hydrogen (secondary N) is 1. The second-order valence-electron chi connectivity index (χ2n) is 8.43. The van der Waals surface area contributed by atoms with Crippen LogP contribution in [0.4, 0.5) is 0 Å². The Morgan fingerprint density at radius 2 is 2.00 bits per heavy atom. The molecule has 0 spiro atoms. The molecule has 27 heavy (non-hydrogen) atoms. The van der Waals surface area contributed by atoms with E-state index in [2.05, 4.69) is 5.32 Å². The molecular formula is C21H36N2O3S. The zero-order chi connectivity index (χ0) is 19.8. The van der Waals surface area contributed by atoms with Gasteiger partial charge in [0.2, 0.25) is 5.91 Å². The van der Waals surface area contributed by atoms with Crippen molar-refractivity contribution in [1.29, 1.82) is 0 Å². The molecule has 154 valence electrons. The van der Waals surface area contributed by atoms with Gasteiger partial charge in [0, 0.05) is 11.3 Å². The fourth-order valence-electron chi connectivity index (χ4n) is 3.98. The van der Waals surface area contributed by atoms with E-state index in [1.54, 1.807) is 11.3 Å². The van der Waals surface area contributed by atoms with E-state index in [-0.39, 0.29) is 11.8 Å². The van der Waals surface area contributed by atoms with Crippen molar-refractivity contribution in [2.24, 2.45) is 17.6 Å². The number of thiophene rings is 1. The minimum Gasteiger partial charge on any atom is -0.390 e. The third-order valence-electron chi connectivity index (χ3n) is 5.50. The van der Waals surface area contributed by atoms with Crippen molar-refractivity contribution in [3.8, 4) is 0 Å². The van der Waals surface area contributed by atoms with Crippen LogP contribution in [-0.2, 0) is 11.2 Å². The molecule has 6 heteroatoms. The first-order valence-corrected chi connectivity index (χ1v) is 11.2. The fourth-order valence-corrected chi connectivity index (χ4v) is 4.75. The standard InChI is InChI=1S/C21H36N2O3S/c1-14(2)11-19(24)20(25)18(12-15-7-4-3-5-8-15)23-21(26)17(22)13-16-9-6-10-27-16/h6,9-10,14-15,17-20,24-25H,3-5,7-8,11-13,22H2,1-2H3,(H,23,26)/t17-,18-,19-,20+/m0/s1. The molecular weight excluding hydrogens is 360 g/mol. The van der Waals surface area contributed by atoms with Crippen LogP contribution < -0.4 is 11.1 Å². The Morgan fingerprint density at radius 3 is 2.59 bits per heavy atom. The summed E-state index contributed by atoms with van der Waals surface area (Å²) >= 11 is 1.58. The highest BCUT2D eigenvalue weighted by molar-refractivity contribution is 7.09. The van der Waals surface area contributed by atoms with Crippen LogP contribution in [-0.4, -0.2) is 40.4 Å². The lowest BCUT2D eigenvalue weighted by Crippen LogP contribution is -2.54. The zero-order valence-corrected chi connectivity index (χ0v) is 17.5. The largest absolute Gasteiger partial charge is 0.390 e. The van der Waals surface area contributed by atoms with Gasteiger partial charge in [0.1, 0.15) is 6.10 Å². The van der Waals surface area contributed by atoms with Gasteiger partial charge >= 0.3 is 0 Å². The van der Waals surface area contributed by atoms with Crippen LogP contribution in [0, 0.1) is 11.8 Å². The lowest BCUT2D eigenvalue weighted by Gasteiger charge is -2.33. The highest BCUT2D eigenvalue weighted by Crippen LogP contribution is 2.29. The molecule has 0 saturated heterocycles. The first-order valence-electron chi connectivity index (χ1n) is 10.3. The summed E-state index contributed by atoms with van der Waals surface area (Å²) in [6.07, 6.45) is 5.82. The molecule has 1 saturated carbocycles. The summed E-state index contributed by atoms with van der Waals surface area (Å²) in [4.78, 5) is 13.7. The van der Waals surface area contributed by atoms with Crippen LogP contribution in [0.1, 0.15) is 63.7 Å². The van der Waals surface area contributed by atoms with E-state index >= 15 is 0 Å². The van der Waals surface area contributed by atoms with Crippen molar-refractivity contribution in [2.45, 2.75) is 89.5 Å². The fraction of sp³-hybridized carbons (Fsp3) is 0.762. The quantitative estimate of drug-likeness (QED) is 0.489. The molecule has 2 rings (SSSR count). The van der Waals surface area contributed by atoms with E-state index in [0.717, 1.165) is 17.7 Å². The minimum atomic E-state index is -0.966. The summed E-state index contributed by atoms with van der Waals surface area (Å²) in [7, 11) is 0. The topological polar surface area (TPSA) is 95.6 Å². The van der Waals surface area contributed by atoms with Gasteiger partial charge in [-0.05, 0) is 36.1 Å². The lowest BCUT2D eigenvalue weighted by molar-refractivity contribution is -0.125. The number of nitrogens with two attached hydrogens (primary N) is 1. The van der Waals surface area contributed by atoms with Crippen LogP contribution in [0.25, 0.3) is 0 Å². The SMILES string of the molecule is CC(C)C[C@H](O)[C@H](O)[C@H](CC1CCCCC1)NC(=O)[C@@H](N)Cc1cccs1. The summed E-state index contributed by atoms with van der Waals surface area (Å²) in [5, 5.41) is 26.1. The Hall–Kier alpha value is -0.950. The minimum absolute atomic E-state index is 0.250. The maximum absolute atomic E-state index is 12.6. The van der Waals surface area contributed by atoms with Crippen molar-refractivity contribution in [1.82, 2.24) is 5.32 Å². The van der Waals surface area contributed by atoms with E-state index in [9.17, 15) is 15.0 Å². The molecule has 1 aromatic rings. The first-order chi connectivity index (χ1) is 12.9. The van der Waals surface area contributed by atoms with E-state index in [0.29, 0.717) is 25.2 Å². The number of aliphatic hydroxyl groups excluding tert-OH is 2. The van der Waals surface area contributed by atoms with Crippen LogP contribution in [0.15, 0.2) is 17.5 Å². The Bertz CT molecular complexity index is 544. The second-order valence-corrected chi connectivity index (χ2v) is 9.46. The molecule has 1 aliphatic rings. The molecule has 1 fully saturated rings. The number of carbonyl (C=O) groups is 1. The molecule has 1 aliphatic carbocycles. The van der Waals surface area contributed by atoms with Crippen LogP contribution in [0.2, 0.25) is 0 Å². The third-order valence-corrected chi connectivity index (χ3v) is 6.40. The Labute approximate surface area is 167 Å². The number of hydrogen-bond donors (Lipinski definition) is 4. The van der Waals surface area contributed by atoms with E-state index in [1.165, 1.54) is 19.3 Å². The maximum atomic E-state index is 12.6. The summed E-state index contributed by atoms with van der Waals surface area (Å²) in [5.74, 6) is 0.514. The van der Waals surface area contributed by atoms with Gasteiger partial charge in [0.25, 0.3) is 0 Å². The van der Waals surface area contributed by atoms with Gasteiger partial charge in [0.15, 0.2) is 0 Å². The average molecular weight is 397 g/mol. The summed E-state index contributed by atoms with van der Waals surface area (Å²) < 4.78 is 0. The number of carbonyl (C=O) groups excluding carboxylic acids is 1. The molecule has 5 nitrogen and oxygen atoms in total. The van der Waals surface area contributed by atoms with Crippen LogP contribution >= 0.6 is 11.3 Å². The molecule has 0 radical (unpaired) electrons. The smallest absolute Gasteiger partial charge is 0.237 e. The number of amides is 1.